The number of hydrogen-bond acceptors (Lipinski definition) is 5. The van der Waals surface area contributed by atoms with Crippen LogP contribution in [0.3, 0.4) is 0 Å². The number of anilines is 2. The molecule has 1 fully saturated rings. The Bertz CT molecular complexity index is 1240. The van der Waals surface area contributed by atoms with Crippen molar-refractivity contribution < 1.29 is 4.79 Å². The van der Waals surface area contributed by atoms with Crippen molar-refractivity contribution in [3.05, 3.63) is 59.4 Å². The van der Waals surface area contributed by atoms with E-state index in [1.165, 1.54) is 0 Å². The lowest BCUT2D eigenvalue weighted by atomic mass is 10.0. The van der Waals surface area contributed by atoms with Crippen molar-refractivity contribution in [1.82, 2.24) is 25.3 Å². The first kappa shape index (κ1) is 20.3. The Morgan fingerprint density at radius 1 is 0.969 bits per heavy atom. The average Bonchev–Trinajstić information content (AvgIpc) is 3.36. The van der Waals surface area contributed by atoms with Gasteiger partial charge in [-0.1, -0.05) is 6.07 Å². The number of fused-ring (bicyclic) bond motifs is 1. The van der Waals surface area contributed by atoms with E-state index in [0.29, 0.717) is 11.4 Å². The van der Waals surface area contributed by atoms with Crippen LogP contribution >= 0.6 is 0 Å². The van der Waals surface area contributed by atoms with Gasteiger partial charge in [0.15, 0.2) is 5.82 Å². The van der Waals surface area contributed by atoms with Crippen LogP contribution in [0.4, 0.5) is 11.5 Å². The van der Waals surface area contributed by atoms with Crippen LogP contribution in [0.2, 0.25) is 0 Å². The van der Waals surface area contributed by atoms with Gasteiger partial charge >= 0.3 is 0 Å². The summed E-state index contributed by atoms with van der Waals surface area (Å²) in [6, 6.07) is 13.8. The molecule has 0 atom stereocenters. The Morgan fingerprint density at radius 3 is 2.41 bits per heavy atom. The molecule has 1 amide bonds. The Morgan fingerprint density at radius 2 is 1.72 bits per heavy atom. The predicted octanol–water partition coefficient (Wildman–Crippen LogP) is 3.57. The van der Waals surface area contributed by atoms with Gasteiger partial charge in [0.25, 0.3) is 5.91 Å². The van der Waals surface area contributed by atoms with Crippen molar-refractivity contribution in [2.75, 3.05) is 43.4 Å². The molecule has 0 bridgehead atoms. The number of nitrogens with zero attached hydrogens (tertiary/aromatic N) is 4. The molecular weight excluding hydrogens is 402 g/mol. The highest BCUT2D eigenvalue weighted by molar-refractivity contribution is 6.08. The number of aromatic nitrogens is 4. The van der Waals surface area contributed by atoms with Crippen molar-refractivity contribution in [2.24, 2.45) is 0 Å². The van der Waals surface area contributed by atoms with Gasteiger partial charge in [-0.3, -0.25) is 15.0 Å². The second-order valence-corrected chi connectivity index (χ2v) is 8.43. The molecule has 0 radical (unpaired) electrons. The normalized spacial score (nSPS) is 14.8. The number of H-pyrrole nitrogens is 2. The number of carbonyl (C=O) groups is 1. The second-order valence-electron chi connectivity index (χ2n) is 8.43. The van der Waals surface area contributed by atoms with Gasteiger partial charge in [0.05, 0.1) is 11.2 Å². The van der Waals surface area contributed by atoms with E-state index < -0.39 is 0 Å². The minimum atomic E-state index is -0.172. The van der Waals surface area contributed by atoms with Crippen molar-refractivity contribution in [2.45, 2.75) is 13.8 Å². The zero-order valence-electron chi connectivity index (χ0n) is 18.6. The third-order valence-electron chi connectivity index (χ3n) is 6.21. The lowest BCUT2D eigenvalue weighted by Crippen LogP contribution is -2.44. The molecule has 3 heterocycles. The number of carbonyl (C=O) groups excluding carboxylic acids is 1. The third-order valence-corrected chi connectivity index (χ3v) is 6.21. The third kappa shape index (κ3) is 3.73. The molecule has 4 aromatic rings. The maximum Gasteiger partial charge on any atom is 0.256 e. The van der Waals surface area contributed by atoms with Crippen molar-refractivity contribution >= 4 is 28.3 Å². The van der Waals surface area contributed by atoms with Gasteiger partial charge < -0.3 is 15.1 Å². The highest BCUT2D eigenvalue weighted by Gasteiger charge is 2.16. The summed E-state index contributed by atoms with van der Waals surface area (Å²) in [6.07, 6.45) is 0. The Kier molecular flexibility index (Phi) is 5.14. The number of nitrogens with one attached hydrogen (secondary N) is 3. The van der Waals surface area contributed by atoms with Crippen LogP contribution in [0.15, 0.2) is 42.5 Å². The first-order valence-corrected chi connectivity index (χ1v) is 10.8. The summed E-state index contributed by atoms with van der Waals surface area (Å²) < 4.78 is 0. The molecule has 8 heteroatoms. The molecule has 0 aliphatic carbocycles. The van der Waals surface area contributed by atoms with E-state index in [2.05, 4.69) is 42.6 Å². The van der Waals surface area contributed by atoms with Gasteiger partial charge in [0.1, 0.15) is 0 Å². The Hall–Kier alpha value is -3.65. The molecular formula is C24H27N7O. The van der Waals surface area contributed by atoms with Gasteiger partial charge in [-0.05, 0) is 62.9 Å². The summed E-state index contributed by atoms with van der Waals surface area (Å²) in [5.41, 5.74) is 6.75. The fourth-order valence-corrected chi connectivity index (χ4v) is 4.31. The van der Waals surface area contributed by atoms with E-state index in [1.807, 2.05) is 56.3 Å². The van der Waals surface area contributed by atoms with Gasteiger partial charge in [-0.15, -0.1) is 0 Å². The Labute approximate surface area is 186 Å². The van der Waals surface area contributed by atoms with Crippen LogP contribution in [0.1, 0.15) is 21.7 Å². The van der Waals surface area contributed by atoms with Crippen molar-refractivity contribution in [3.63, 3.8) is 0 Å². The van der Waals surface area contributed by atoms with E-state index in [9.17, 15) is 4.79 Å². The fraction of sp³-hybridized carbons (Fsp3) is 0.292. The molecule has 1 saturated heterocycles. The molecule has 164 valence electrons. The highest BCUT2D eigenvalue weighted by Crippen LogP contribution is 2.30. The van der Waals surface area contributed by atoms with Gasteiger partial charge in [0, 0.05) is 54.1 Å². The summed E-state index contributed by atoms with van der Waals surface area (Å²) in [5, 5.41) is 18.5. The molecule has 2 aromatic heterocycles. The molecule has 3 N–H and O–H groups in total. The molecule has 1 aliphatic rings. The number of rotatable bonds is 4. The lowest BCUT2D eigenvalue weighted by molar-refractivity contribution is 0.102. The molecule has 32 heavy (non-hydrogen) atoms. The number of benzene rings is 2. The molecule has 1 aliphatic heterocycles. The smallest absolute Gasteiger partial charge is 0.256 e. The van der Waals surface area contributed by atoms with Gasteiger partial charge in [0.2, 0.25) is 0 Å². The molecule has 0 saturated carbocycles. The van der Waals surface area contributed by atoms with Gasteiger partial charge in [-0.2, -0.15) is 10.2 Å². The van der Waals surface area contributed by atoms with E-state index in [-0.39, 0.29) is 5.91 Å². The first-order valence-electron chi connectivity index (χ1n) is 10.8. The Balaban J connectivity index is 1.32. The maximum absolute atomic E-state index is 12.8. The highest BCUT2D eigenvalue weighted by atomic mass is 16.1. The standard InChI is InChI=1S/C24H27N7O/c1-15-22(16(2)27-26-15)18-6-9-20-21(14-18)28-29-23(20)25-24(32)17-4-7-19(8-5-17)31-12-10-30(3)11-13-31/h4-9,14H,10-13H2,1-3H3,(H,26,27)(H2,25,28,29,32). The van der Waals surface area contributed by atoms with Crippen molar-refractivity contribution in [3.8, 4) is 11.1 Å². The average molecular weight is 430 g/mol. The van der Waals surface area contributed by atoms with Crippen LogP contribution in [0, 0.1) is 13.8 Å². The van der Waals surface area contributed by atoms with E-state index in [1.54, 1.807) is 0 Å². The molecule has 0 spiro atoms. The zero-order valence-corrected chi connectivity index (χ0v) is 18.6. The van der Waals surface area contributed by atoms with E-state index in [4.69, 9.17) is 0 Å². The topological polar surface area (TPSA) is 92.9 Å². The van der Waals surface area contributed by atoms with Crippen LogP contribution < -0.4 is 10.2 Å². The number of likely N-dealkylation sites (N-methyl/N-ethyl adjacent to an activating group) is 1. The summed E-state index contributed by atoms with van der Waals surface area (Å²) in [6.45, 7) is 8.10. The number of hydrogen-bond donors (Lipinski definition) is 3. The largest absolute Gasteiger partial charge is 0.369 e. The number of aromatic amines is 2. The quantitative estimate of drug-likeness (QED) is 0.461. The first-order chi connectivity index (χ1) is 15.5. The number of aryl methyl sites for hydroxylation is 2. The van der Waals surface area contributed by atoms with Crippen LogP contribution in [0.25, 0.3) is 22.0 Å². The summed E-state index contributed by atoms with van der Waals surface area (Å²) >= 11 is 0. The number of amides is 1. The van der Waals surface area contributed by atoms with Crippen LogP contribution in [-0.2, 0) is 0 Å². The summed E-state index contributed by atoms with van der Waals surface area (Å²) in [4.78, 5) is 17.5. The molecule has 5 rings (SSSR count). The van der Waals surface area contributed by atoms with E-state index in [0.717, 1.165) is 65.3 Å². The predicted molar refractivity (Wildman–Crippen MR) is 127 cm³/mol. The lowest BCUT2D eigenvalue weighted by Gasteiger charge is -2.34. The maximum atomic E-state index is 12.8. The van der Waals surface area contributed by atoms with Crippen LogP contribution in [0.5, 0.6) is 0 Å². The SMILES string of the molecule is Cc1n[nH]c(C)c1-c1ccc2c(NC(=O)c3ccc(N4CCN(C)CC4)cc3)n[nH]c2c1. The summed E-state index contributed by atoms with van der Waals surface area (Å²) in [5.74, 6) is 0.356. The zero-order chi connectivity index (χ0) is 22.2. The van der Waals surface area contributed by atoms with Crippen molar-refractivity contribution in [1.29, 1.82) is 0 Å². The minimum Gasteiger partial charge on any atom is -0.369 e. The number of piperazine rings is 1. The second kappa shape index (κ2) is 8.12. The van der Waals surface area contributed by atoms with Gasteiger partial charge in [-0.25, -0.2) is 0 Å². The van der Waals surface area contributed by atoms with E-state index >= 15 is 0 Å². The monoisotopic (exact) mass is 429 g/mol. The molecule has 8 nitrogen and oxygen atoms in total. The minimum absolute atomic E-state index is 0.172. The van der Waals surface area contributed by atoms with Crippen LogP contribution in [-0.4, -0.2) is 64.4 Å². The molecule has 0 unspecified atom stereocenters. The fourth-order valence-electron chi connectivity index (χ4n) is 4.31. The summed E-state index contributed by atoms with van der Waals surface area (Å²) in [7, 11) is 2.14. The molecule has 2 aromatic carbocycles.